The summed E-state index contributed by atoms with van der Waals surface area (Å²) >= 11 is 0. The van der Waals surface area contributed by atoms with Crippen LogP contribution >= 0.6 is 0 Å². The van der Waals surface area contributed by atoms with Gasteiger partial charge in [0, 0.05) is 13.1 Å². The Labute approximate surface area is 76.0 Å². The van der Waals surface area contributed by atoms with Crippen LogP contribution in [-0.4, -0.2) is 30.4 Å². The first-order chi connectivity index (χ1) is 5.84. The van der Waals surface area contributed by atoms with Crippen LogP contribution in [0.1, 0.15) is 0 Å². The van der Waals surface area contributed by atoms with Gasteiger partial charge in [-0.25, -0.2) is 9.39 Å². The van der Waals surface area contributed by atoms with E-state index in [1.165, 1.54) is 24.0 Å². The summed E-state index contributed by atoms with van der Waals surface area (Å²) in [4.78, 5) is 22.6. The lowest BCUT2D eigenvalue weighted by molar-refractivity contribution is 0.238. The summed E-state index contributed by atoms with van der Waals surface area (Å²) in [5.74, 6) is 0. The predicted molar refractivity (Wildman–Crippen MR) is 51.2 cm³/mol. The summed E-state index contributed by atoms with van der Waals surface area (Å²) in [6, 6.07) is 1.38. The van der Waals surface area contributed by atoms with Crippen LogP contribution in [0.4, 0.5) is 0 Å². The van der Waals surface area contributed by atoms with E-state index >= 15 is 0 Å². The number of hydrogen-bond donors (Lipinski definition) is 0. The molecule has 0 radical (unpaired) electrons. The fourth-order valence-electron chi connectivity index (χ4n) is 1.01. The van der Waals surface area contributed by atoms with Crippen LogP contribution in [0.2, 0.25) is 0 Å². The van der Waals surface area contributed by atoms with Crippen LogP contribution in [0.5, 0.6) is 0 Å². The first kappa shape index (κ1) is 9.73. The van der Waals surface area contributed by atoms with Crippen molar-refractivity contribution >= 4 is 0 Å². The molecule has 1 aromatic rings. The van der Waals surface area contributed by atoms with Crippen LogP contribution in [0.3, 0.4) is 0 Å². The first-order valence-corrected chi connectivity index (χ1v) is 3.95. The van der Waals surface area contributed by atoms with Gasteiger partial charge in [0.05, 0.1) is 27.3 Å². The molecule has 0 fully saturated rings. The summed E-state index contributed by atoms with van der Waals surface area (Å²) in [5.41, 5.74) is -0.588. The average molecular weight is 184 g/mol. The first-order valence-electron chi connectivity index (χ1n) is 3.95. The summed E-state index contributed by atoms with van der Waals surface area (Å²) < 4.78 is 2.90. The molecule has 5 nitrogen and oxygen atoms in total. The molecule has 0 spiro atoms. The highest BCUT2D eigenvalue weighted by Crippen LogP contribution is 1.85. The van der Waals surface area contributed by atoms with Crippen molar-refractivity contribution in [3.63, 3.8) is 0 Å². The minimum Gasteiger partial charge on any atom is -0.269 e. The number of hydrogen-bond acceptors (Lipinski definition) is 2. The molecule has 5 heteroatoms. The molecule has 0 amide bonds. The maximum absolute atomic E-state index is 11.5. The van der Waals surface area contributed by atoms with E-state index in [0.717, 1.165) is 4.57 Å². The van der Waals surface area contributed by atoms with Gasteiger partial charge in [-0.2, -0.15) is 0 Å². The van der Waals surface area contributed by atoms with Crippen molar-refractivity contribution in [1.29, 1.82) is 0 Å². The Morgan fingerprint density at radius 3 is 2.23 bits per heavy atom. The summed E-state index contributed by atoms with van der Waals surface area (Å²) in [5, 5.41) is 0. The van der Waals surface area contributed by atoms with Crippen molar-refractivity contribution in [3.05, 3.63) is 33.1 Å². The normalized spacial score (nSPS) is 11.7. The van der Waals surface area contributed by atoms with Gasteiger partial charge in [0.15, 0.2) is 0 Å². The minimum atomic E-state index is -0.306. The zero-order chi connectivity index (χ0) is 10.2. The molecular formula is C8H14N3O2+. The highest BCUT2D eigenvalue weighted by Gasteiger charge is 2.13. The second-order valence-corrected chi connectivity index (χ2v) is 3.78. The molecule has 1 aromatic heterocycles. The number of quaternary nitrogens is 1. The average Bonchev–Trinajstić information content (AvgIpc) is 1.98. The molecule has 0 unspecified atom stereocenters. The van der Waals surface area contributed by atoms with Gasteiger partial charge in [-0.1, -0.05) is 0 Å². The van der Waals surface area contributed by atoms with Crippen molar-refractivity contribution in [2.24, 2.45) is 7.05 Å². The topological polar surface area (TPSA) is 44.0 Å². The van der Waals surface area contributed by atoms with Crippen LogP contribution in [0.25, 0.3) is 0 Å². The van der Waals surface area contributed by atoms with Crippen molar-refractivity contribution in [1.82, 2.24) is 13.8 Å². The maximum Gasteiger partial charge on any atom is 0.375 e. The highest BCUT2D eigenvalue weighted by molar-refractivity contribution is 4.87. The van der Waals surface area contributed by atoms with Gasteiger partial charge in [0.1, 0.15) is 0 Å². The zero-order valence-electron chi connectivity index (χ0n) is 8.31. The molecule has 72 valence electrons. The number of rotatable bonds is 1. The summed E-state index contributed by atoms with van der Waals surface area (Å²) in [7, 11) is 7.03. The summed E-state index contributed by atoms with van der Waals surface area (Å²) in [6.07, 6.45) is 1.50. The third-order valence-corrected chi connectivity index (χ3v) is 1.82. The monoisotopic (exact) mass is 184 g/mol. The number of nitrogens with zero attached hydrogens (tertiary/aromatic N) is 3. The molecule has 13 heavy (non-hydrogen) atoms. The Hall–Kier alpha value is -1.36. The largest absolute Gasteiger partial charge is 0.375 e. The summed E-state index contributed by atoms with van der Waals surface area (Å²) in [6.45, 7) is 0. The Balaban J connectivity index is 3.54. The van der Waals surface area contributed by atoms with Crippen molar-refractivity contribution in [2.75, 3.05) is 21.1 Å². The molecule has 0 N–H and O–H groups in total. The smallest absolute Gasteiger partial charge is 0.269 e. The maximum atomic E-state index is 11.5. The fraction of sp³-hybridized carbons (Fsp3) is 0.500. The Kier molecular flexibility index (Phi) is 2.13. The van der Waals surface area contributed by atoms with Crippen molar-refractivity contribution < 1.29 is 0 Å². The van der Waals surface area contributed by atoms with E-state index in [-0.39, 0.29) is 11.2 Å². The lowest BCUT2D eigenvalue weighted by atomic mass is 10.6. The molecule has 0 aliphatic heterocycles. The van der Waals surface area contributed by atoms with Gasteiger partial charge in [-0.15, -0.1) is 4.68 Å². The van der Waals surface area contributed by atoms with E-state index in [1.807, 2.05) is 21.1 Å². The standard InChI is InChI=1S/C8H14N3O2/c1-9-7(12)5-6-10(8(9)13)11(2,3)4/h5-6H,1-4H3/q+1. The quantitative estimate of drug-likeness (QED) is 0.519. The van der Waals surface area contributed by atoms with E-state index in [2.05, 4.69) is 0 Å². The third kappa shape index (κ3) is 1.70. The SMILES string of the molecule is Cn1c(=O)ccn([N+](C)(C)C)c1=O. The Morgan fingerprint density at radius 2 is 1.77 bits per heavy atom. The molecular weight excluding hydrogens is 170 g/mol. The van der Waals surface area contributed by atoms with Gasteiger partial charge in [-0.05, 0) is 0 Å². The van der Waals surface area contributed by atoms with Gasteiger partial charge >= 0.3 is 5.69 Å². The van der Waals surface area contributed by atoms with Gasteiger partial charge < -0.3 is 0 Å². The van der Waals surface area contributed by atoms with E-state index in [1.54, 1.807) is 0 Å². The molecule has 0 aromatic carbocycles. The van der Waals surface area contributed by atoms with Crippen LogP contribution in [-0.2, 0) is 7.05 Å². The Morgan fingerprint density at radius 1 is 1.23 bits per heavy atom. The second-order valence-electron chi connectivity index (χ2n) is 3.78. The minimum absolute atomic E-state index is 0.283. The molecule has 1 rings (SSSR count). The van der Waals surface area contributed by atoms with Gasteiger partial charge in [0.2, 0.25) is 0 Å². The molecule has 1 heterocycles. The van der Waals surface area contributed by atoms with E-state index < -0.39 is 0 Å². The molecule has 0 aliphatic carbocycles. The molecule has 0 saturated carbocycles. The number of aromatic nitrogens is 2. The highest BCUT2D eigenvalue weighted by atomic mass is 16.2. The zero-order valence-corrected chi connectivity index (χ0v) is 8.31. The van der Waals surface area contributed by atoms with Crippen LogP contribution in [0, 0.1) is 0 Å². The van der Waals surface area contributed by atoms with Gasteiger partial charge in [-0.3, -0.25) is 9.36 Å². The van der Waals surface area contributed by atoms with Gasteiger partial charge in [0.25, 0.3) is 5.56 Å². The molecule has 0 atom stereocenters. The van der Waals surface area contributed by atoms with E-state index in [4.69, 9.17) is 0 Å². The lowest BCUT2D eigenvalue weighted by Gasteiger charge is -2.24. The lowest BCUT2D eigenvalue weighted by Crippen LogP contribution is -2.55. The predicted octanol–water partition coefficient (Wildman–Crippen LogP) is -1.12. The van der Waals surface area contributed by atoms with Crippen molar-refractivity contribution in [2.45, 2.75) is 0 Å². The molecule has 0 saturated heterocycles. The van der Waals surface area contributed by atoms with E-state index in [0.29, 0.717) is 4.59 Å². The Bertz CT molecular complexity index is 422. The molecule has 0 aliphatic rings. The molecule has 0 bridgehead atoms. The van der Waals surface area contributed by atoms with Crippen LogP contribution < -0.4 is 15.8 Å². The van der Waals surface area contributed by atoms with Crippen molar-refractivity contribution in [3.8, 4) is 0 Å². The third-order valence-electron chi connectivity index (χ3n) is 1.82. The van der Waals surface area contributed by atoms with Crippen LogP contribution in [0.15, 0.2) is 21.9 Å². The fourth-order valence-corrected chi connectivity index (χ4v) is 1.01. The second kappa shape index (κ2) is 2.85. The van der Waals surface area contributed by atoms with E-state index in [9.17, 15) is 9.59 Å².